The zero-order chi connectivity index (χ0) is 5.98. The second kappa shape index (κ2) is 1.92. The third-order valence-corrected chi connectivity index (χ3v) is 0.797. The topological polar surface area (TPSA) is 54.6 Å². The summed E-state index contributed by atoms with van der Waals surface area (Å²) >= 11 is 5.19. The molecule has 1 aromatic heterocycles. The lowest BCUT2D eigenvalue weighted by Crippen LogP contribution is -2.02. The molecule has 0 saturated heterocycles. The summed E-state index contributed by atoms with van der Waals surface area (Å²) in [6.45, 7) is 0. The molecule has 0 amide bonds. The summed E-state index contributed by atoms with van der Waals surface area (Å²) in [5, 5.41) is 13.5. The average Bonchev–Trinajstić information content (AvgIpc) is 2.12. The first kappa shape index (κ1) is 5.24. The van der Waals surface area contributed by atoms with Gasteiger partial charge in [-0.15, -0.1) is 5.10 Å². The van der Waals surface area contributed by atoms with Gasteiger partial charge in [-0.25, -0.2) is 0 Å². The Bertz CT molecular complexity index is 179. The molecule has 5 heteroatoms. The first-order chi connectivity index (χ1) is 3.80. The van der Waals surface area contributed by atoms with E-state index in [0.29, 0.717) is 0 Å². The van der Waals surface area contributed by atoms with Crippen LogP contribution >= 0.6 is 11.6 Å². The van der Waals surface area contributed by atoms with Crippen LogP contribution in [0, 0.1) is 5.41 Å². The molecular weight excluding hydrogens is 128 g/mol. The van der Waals surface area contributed by atoms with Crippen molar-refractivity contribution in [3.63, 3.8) is 0 Å². The Labute approximate surface area is 50.6 Å². The Morgan fingerprint density at radius 3 is 2.75 bits per heavy atom. The van der Waals surface area contributed by atoms with E-state index in [1.165, 1.54) is 12.4 Å². The van der Waals surface area contributed by atoms with Crippen LogP contribution in [-0.4, -0.2) is 20.3 Å². The molecule has 0 spiro atoms. The van der Waals surface area contributed by atoms with Crippen molar-refractivity contribution in [2.45, 2.75) is 0 Å². The van der Waals surface area contributed by atoms with Crippen molar-refractivity contribution in [3.05, 3.63) is 12.4 Å². The smallest absolute Gasteiger partial charge is 0.217 e. The zero-order valence-corrected chi connectivity index (χ0v) is 4.63. The molecule has 42 valence electrons. The average molecular weight is 131 g/mol. The van der Waals surface area contributed by atoms with Crippen molar-refractivity contribution < 1.29 is 0 Å². The second-order valence-corrected chi connectivity index (χ2v) is 1.50. The summed E-state index contributed by atoms with van der Waals surface area (Å²) in [4.78, 5) is 0. The van der Waals surface area contributed by atoms with Gasteiger partial charge in [0.15, 0.2) is 0 Å². The van der Waals surface area contributed by atoms with Crippen LogP contribution in [0.5, 0.6) is 0 Å². The lowest BCUT2D eigenvalue weighted by atomic mass is 10.9. The third-order valence-electron chi connectivity index (χ3n) is 0.624. The molecule has 0 aromatic carbocycles. The highest BCUT2D eigenvalue weighted by Gasteiger charge is 1.90. The second-order valence-electron chi connectivity index (χ2n) is 1.14. The van der Waals surface area contributed by atoms with Crippen molar-refractivity contribution in [1.82, 2.24) is 15.0 Å². The number of halogens is 1. The van der Waals surface area contributed by atoms with Crippen LogP contribution in [0.2, 0.25) is 0 Å². The van der Waals surface area contributed by atoms with Crippen LogP contribution in [0.1, 0.15) is 0 Å². The van der Waals surface area contributed by atoms with E-state index in [-0.39, 0.29) is 5.29 Å². The molecule has 0 bridgehead atoms. The summed E-state index contributed by atoms with van der Waals surface area (Å²) < 4.78 is 1.15. The van der Waals surface area contributed by atoms with Gasteiger partial charge in [0.05, 0.1) is 12.4 Å². The molecule has 0 unspecified atom stereocenters. The normalized spacial score (nSPS) is 9.12. The number of nitrogens with one attached hydrogen (secondary N) is 1. The van der Waals surface area contributed by atoms with Crippen LogP contribution in [0.3, 0.4) is 0 Å². The lowest BCUT2D eigenvalue weighted by molar-refractivity contribution is 0.846. The maximum absolute atomic E-state index is 6.78. The van der Waals surface area contributed by atoms with Gasteiger partial charge in [0.1, 0.15) is 0 Å². The molecule has 0 fully saturated rings. The van der Waals surface area contributed by atoms with Crippen molar-refractivity contribution in [2.24, 2.45) is 0 Å². The molecule has 0 atom stereocenters. The predicted molar refractivity (Wildman–Crippen MR) is 29.0 cm³/mol. The van der Waals surface area contributed by atoms with Crippen LogP contribution in [0.15, 0.2) is 12.4 Å². The van der Waals surface area contributed by atoms with Crippen LogP contribution in [0.25, 0.3) is 0 Å². The fourth-order valence-corrected chi connectivity index (χ4v) is 0.403. The van der Waals surface area contributed by atoms with Crippen molar-refractivity contribution in [3.8, 4) is 0 Å². The number of hydrogen-bond acceptors (Lipinski definition) is 3. The molecule has 0 aliphatic rings. The van der Waals surface area contributed by atoms with Gasteiger partial charge in [0.2, 0.25) is 5.29 Å². The standard InChI is InChI=1S/C3H3ClN4/c4-3(5)8-2-1-6-7-8/h1-2,5H. The number of hydrogen-bond donors (Lipinski definition) is 1. The molecule has 0 saturated carbocycles. The SMILES string of the molecule is N=C(Cl)n1ccnn1. The van der Waals surface area contributed by atoms with Gasteiger partial charge in [-0.05, 0) is 11.6 Å². The van der Waals surface area contributed by atoms with E-state index in [0.717, 1.165) is 4.68 Å². The number of nitrogens with zero attached hydrogens (tertiary/aromatic N) is 3. The Balaban J connectivity index is 2.93. The van der Waals surface area contributed by atoms with Crippen molar-refractivity contribution in [1.29, 1.82) is 5.41 Å². The molecule has 1 rings (SSSR count). The highest BCUT2D eigenvalue weighted by Crippen LogP contribution is 1.83. The van der Waals surface area contributed by atoms with E-state index in [4.69, 9.17) is 17.0 Å². The Morgan fingerprint density at radius 1 is 1.75 bits per heavy atom. The van der Waals surface area contributed by atoms with Crippen LogP contribution < -0.4 is 0 Å². The largest absolute Gasteiger partial charge is 0.272 e. The van der Waals surface area contributed by atoms with Gasteiger partial charge in [0.25, 0.3) is 0 Å². The highest BCUT2D eigenvalue weighted by molar-refractivity contribution is 6.64. The van der Waals surface area contributed by atoms with Gasteiger partial charge in [-0.2, -0.15) is 4.68 Å². The molecule has 1 N–H and O–H groups in total. The summed E-state index contributed by atoms with van der Waals surface area (Å²) in [7, 11) is 0. The van der Waals surface area contributed by atoms with Gasteiger partial charge in [0, 0.05) is 0 Å². The fourth-order valence-electron chi connectivity index (χ4n) is 0.313. The molecule has 1 heterocycles. The van der Waals surface area contributed by atoms with E-state index in [2.05, 4.69) is 10.3 Å². The van der Waals surface area contributed by atoms with Crippen LogP contribution in [-0.2, 0) is 0 Å². The number of aromatic nitrogens is 3. The van der Waals surface area contributed by atoms with Gasteiger partial charge in [-0.3, -0.25) is 5.41 Å². The Morgan fingerprint density at radius 2 is 2.50 bits per heavy atom. The third kappa shape index (κ3) is 0.840. The Kier molecular flexibility index (Phi) is 1.26. The van der Waals surface area contributed by atoms with Crippen molar-refractivity contribution in [2.75, 3.05) is 0 Å². The number of rotatable bonds is 0. The van der Waals surface area contributed by atoms with E-state index in [1.807, 2.05) is 0 Å². The summed E-state index contributed by atoms with van der Waals surface area (Å²) in [5.41, 5.74) is 0. The summed E-state index contributed by atoms with van der Waals surface area (Å²) in [6.07, 6.45) is 2.95. The van der Waals surface area contributed by atoms with Crippen molar-refractivity contribution >= 4 is 16.9 Å². The Hall–Kier alpha value is -0.900. The van der Waals surface area contributed by atoms with Gasteiger partial charge in [-0.1, -0.05) is 5.21 Å². The quantitative estimate of drug-likeness (QED) is 0.406. The zero-order valence-electron chi connectivity index (χ0n) is 3.87. The van der Waals surface area contributed by atoms with Gasteiger partial charge >= 0.3 is 0 Å². The minimum Gasteiger partial charge on any atom is -0.272 e. The monoisotopic (exact) mass is 130 g/mol. The molecule has 4 nitrogen and oxygen atoms in total. The summed E-state index contributed by atoms with van der Waals surface area (Å²) in [6, 6.07) is 0. The minimum absolute atomic E-state index is 0.150. The maximum Gasteiger partial charge on any atom is 0.217 e. The van der Waals surface area contributed by atoms with E-state index < -0.39 is 0 Å². The summed E-state index contributed by atoms with van der Waals surface area (Å²) in [5.74, 6) is 0. The molecule has 1 aromatic rings. The maximum atomic E-state index is 6.78. The minimum atomic E-state index is -0.150. The molecule has 0 aliphatic heterocycles. The van der Waals surface area contributed by atoms with E-state index in [1.54, 1.807) is 0 Å². The highest BCUT2D eigenvalue weighted by atomic mass is 35.5. The van der Waals surface area contributed by atoms with E-state index >= 15 is 0 Å². The van der Waals surface area contributed by atoms with Gasteiger partial charge < -0.3 is 0 Å². The molecule has 0 radical (unpaired) electrons. The fraction of sp³-hybridized carbons (Fsp3) is 0. The molecule has 0 aliphatic carbocycles. The lowest BCUT2D eigenvalue weighted by Gasteiger charge is -1.86. The molecule has 8 heavy (non-hydrogen) atoms. The molecular formula is C3H3ClN4. The van der Waals surface area contributed by atoms with E-state index in [9.17, 15) is 0 Å². The van der Waals surface area contributed by atoms with Crippen LogP contribution in [0.4, 0.5) is 0 Å². The first-order valence-electron chi connectivity index (χ1n) is 1.91. The first-order valence-corrected chi connectivity index (χ1v) is 2.29. The predicted octanol–water partition coefficient (Wildman–Crippen LogP) is 0.300.